The first-order valence-corrected chi connectivity index (χ1v) is 4.56. The van der Waals surface area contributed by atoms with Crippen molar-refractivity contribution in [1.29, 1.82) is 0 Å². The summed E-state index contributed by atoms with van der Waals surface area (Å²) >= 11 is 5.91. The quantitative estimate of drug-likeness (QED) is 0.545. The fourth-order valence-electron chi connectivity index (χ4n) is 0.225. The van der Waals surface area contributed by atoms with Crippen LogP contribution in [0.2, 0.25) is 0 Å². The average Bonchev–Trinajstić information content (AvgIpc) is 1.86. The van der Waals surface area contributed by atoms with E-state index in [-0.39, 0.29) is 0 Å². The molecule has 1 heterocycles. The van der Waals surface area contributed by atoms with Crippen molar-refractivity contribution in [3.8, 4) is 0 Å². The van der Waals surface area contributed by atoms with Crippen LogP contribution in [0.5, 0.6) is 0 Å². The van der Waals surface area contributed by atoms with Crippen LogP contribution in [0.15, 0.2) is 10.8 Å². The summed E-state index contributed by atoms with van der Waals surface area (Å²) in [5.41, 5.74) is 0. The molecule has 1 rings (SSSR count). The van der Waals surface area contributed by atoms with Crippen LogP contribution in [-0.4, -0.2) is 2.97 Å². The standard InChI is InChI=1S/C3H3S2.Mo/c1-2-5-3-4-1;/h1-3H;. The van der Waals surface area contributed by atoms with E-state index in [0.717, 1.165) is 2.97 Å². The molecule has 0 fully saturated rings. The molecule has 0 aliphatic carbocycles. The van der Waals surface area contributed by atoms with Crippen molar-refractivity contribution in [2.45, 2.75) is 2.97 Å². The molecule has 0 spiro atoms. The molecule has 0 aromatic heterocycles. The first-order valence-electron chi connectivity index (χ1n) is 1.51. The summed E-state index contributed by atoms with van der Waals surface area (Å²) in [6.07, 6.45) is 0. The Labute approximate surface area is 57.0 Å². The Morgan fingerprint density at radius 3 is 2.00 bits per heavy atom. The summed E-state index contributed by atoms with van der Waals surface area (Å²) in [6.45, 7) is 0. The number of thioether (sulfide) groups is 2. The van der Waals surface area contributed by atoms with Crippen molar-refractivity contribution in [2.24, 2.45) is 0 Å². The summed E-state index contributed by atoms with van der Waals surface area (Å²) in [4.78, 5) is 0. The molecular weight excluding hydrogens is 196 g/mol. The Bertz CT molecular complexity index is 63.2. The van der Waals surface area contributed by atoms with Crippen LogP contribution < -0.4 is 0 Å². The predicted molar refractivity (Wildman–Crippen MR) is 28.1 cm³/mol. The van der Waals surface area contributed by atoms with Gasteiger partial charge < -0.3 is 0 Å². The van der Waals surface area contributed by atoms with Crippen LogP contribution >= 0.6 is 23.5 Å². The van der Waals surface area contributed by atoms with Gasteiger partial charge in [-0.05, 0) is 0 Å². The van der Waals surface area contributed by atoms with Gasteiger partial charge in [-0.2, -0.15) is 0 Å². The van der Waals surface area contributed by atoms with Crippen LogP contribution in [-0.2, 0) is 19.8 Å². The summed E-state index contributed by atoms with van der Waals surface area (Å²) < 4.78 is 0.779. The minimum absolute atomic E-state index is 0.779. The molecule has 0 saturated carbocycles. The van der Waals surface area contributed by atoms with E-state index in [2.05, 4.69) is 30.6 Å². The molecule has 0 aromatic carbocycles. The van der Waals surface area contributed by atoms with Gasteiger partial charge in [0.2, 0.25) is 0 Å². The molecule has 6 heavy (non-hydrogen) atoms. The van der Waals surface area contributed by atoms with Gasteiger partial charge in [0, 0.05) is 0 Å². The third kappa shape index (κ3) is 1.32. The van der Waals surface area contributed by atoms with Gasteiger partial charge in [-0.25, -0.2) is 0 Å². The fourth-order valence-corrected chi connectivity index (χ4v) is 2.58. The molecule has 33 valence electrons. The predicted octanol–water partition coefficient (Wildman–Crippen LogP) is 1.77. The van der Waals surface area contributed by atoms with Crippen LogP contribution in [0.4, 0.5) is 0 Å². The van der Waals surface area contributed by atoms with E-state index in [1.165, 1.54) is 0 Å². The topological polar surface area (TPSA) is 0 Å². The number of rotatable bonds is 0. The Morgan fingerprint density at radius 2 is 1.83 bits per heavy atom. The van der Waals surface area contributed by atoms with Crippen molar-refractivity contribution in [3.63, 3.8) is 0 Å². The summed E-state index contributed by atoms with van der Waals surface area (Å²) in [6, 6.07) is 0. The van der Waals surface area contributed by atoms with Crippen molar-refractivity contribution < 1.29 is 19.8 Å². The maximum atomic E-state index is 2.14. The Morgan fingerprint density at radius 1 is 1.33 bits per heavy atom. The van der Waals surface area contributed by atoms with E-state index in [1.54, 1.807) is 0 Å². The monoisotopic (exact) mass is 201 g/mol. The molecular formula is C3H3MoS2. The van der Waals surface area contributed by atoms with E-state index in [4.69, 9.17) is 0 Å². The Balaban J connectivity index is 2.32. The molecule has 1 aliphatic heterocycles. The zero-order valence-electron chi connectivity index (χ0n) is 2.96. The maximum absolute atomic E-state index is 2.14. The molecule has 0 N–H and O–H groups in total. The molecule has 3 heteroatoms. The van der Waals surface area contributed by atoms with Gasteiger partial charge in [0.1, 0.15) is 0 Å². The second-order valence-corrected chi connectivity index (χ2v) is 5.91. The van der Waals surface area contributed by atoms with Crippen molar-refractivity contribution in [3.05, 3.63) is 10.8 Å². The zero-order valence-corrected chi connectivity index (χ0v) is 6.60. The van der Waals surface area contributed by atoms with Crippen molar-refractivity contribution >= 4 is 23.5 Å². The van der Waals surface area contributed by atoms with Gasteiger partial charge >= 0.3 is 57.1 Å². The SMILES string of the molecule is [Mo][CH]1SC=CS1. The molecule has 0 amide bonds. The van der Waals surface area contributed by atoms with E-state index >= 15 is 0 Å². The minimum atomic E-state index is 0.779. The summed E-state index contributed by atoms with van der Waals surface area (Å²) in [5.74, 6) is 0. The van der Waals surface area contributed by atoms with Crippen LogP contribution in [0.3, 0.4) is 0 Å². The third-order valence-corrected chi connectivity index (χ3v) is 3.94. The van der Waals surface area contributed by atoms with E-state index < -0.39 is 0 Å². The summed E-state index contributed by atoms with van der Waals surface area (Å²) in [7, 11) is 0. The normalized spacial score (nSPS) is 22.7. The molecule has 0 atom stereocenters. The zero-order chi connectivity index (χ0) is 4.41. The molecule has 0 unspecified atom stereocenters. The van der Waals surface area contributed by atoms with Crippen molar-refractivity contribution in [1.82, 2.24) is 0 Å². The van der Waals surface area contributed by atoms with Gasteiger partial charge in [-0.3, -0.25) is 0 Å². The van der Waals surface area contributed by atoms with Gasteiger partial charge in [0.15, 0.2) is 0 Å². The Kier molecular flexibility index (Phi) is 2.14. The first kappa shape index (κ1) is 5.27. The van der Waals surface area contributed by atoms with Gasteiger partial charge in [0.05, 0.1) is 0 Å². The molecule has 0 saturated heterocycles. The van der Waals surface area contributed by atoms with E-state index in [1.807, 2.05) is 23.5 Å². The molecule has 0 nitrogen and oxygen atoms in total. The van der Waals surface area contributed by atoms with E-state index in [0.29, 0.717) is 0 Å². The number of hydrogen-bond donors (Lipinski definition) is 0. The second-order valence-electron chi connectivity index (χ2n) is 0.833. The van der Waals surface area contributed by atoms with Crippen LogP contribution in [0.1, 0.15) is 0 Å². The summed E-state index contributed by atoms with van der Waals surface area (Å²) in [5, 5.41) is 4.27. The number of hydrogen-bond acceptors (Lipinski definition) is 2. The molecule has 0 bridgehead atoms. The van der Waals surface area contributed by atoms with Gasteiger partial charge in [-0.15, -0.1) is 0 Å². The van der Waals surface area contributed by atoms with E-state index in [9.17, 15) is 0 Å². The van der Waals surface area contributed by atoms with Crippen molar-refractivity contribution in [2.75, 3.05) is 0 Å². The molecule has 0 aromatic rings. The average molecular weight is 199 g/mol. The molecule has 0 radical (unpaired) electrons. The van der Waals surface area contributed by atoms with Gasteiger partial charge in [-0.1, -0.05) is 0 Å². The fraction of sp³-hybridized carbons (Fsp3) is 0.333. The second kappa shape index (κ2) is 2.44. The first-order chi connectivity index (χ1) is 2.89. The molecule has 1 aliphatic rings. The third-order valence-electron chi connectivity index (χ3n) is 0.435. The van der Waals surface area contributed by atoms with Crippen LogP contribution in [0, 0.1) is 0 Å². The van der Waals surface area contributed by atoms with Gasteiger partial charge in [0.25, 0.3) is 0 Å². The van der Waals surface area contributed by atoms with Crippen LogP contribution in [0.25, 0.3) is 0 Å². The Hall–Kier alpha value is 1.13.